The lowest BCUT2D eigenvalue weighted by Crippen LogP contribution is -2.52. The summed E-state index contributed by atoms with van der Waals surface area (Å²) in [6.07, 6.45) is 3.53. The summed E-state index contributed by atoms with van der Waals surface area (Å²) in [5.41, 5.74) is 5.78. The average Bonchev–Trinajstić information content (AvgIpc) is 2.29. The van der Waals surface area contributed by atoms with E-state index in [4.69, 9.17) is 5.73 Å². The van der Waals surface area contributed by atoms with Crippen molar-refractivity contribution >= 4 is 5.91 Å². The van der Waals surface area contributed by atoms with Crippen LogP contribution in [-0.4, -0.2) is 42.5 Å². The van der Waals surface area contributed by atoms with Gasteiger partial charge in [0.05, 0.1) is 6.54 Å². The summed E-state index contributed by atoms with van der Waals surface area (Å²) in [7, 11) is 0. The highest BCUT2D eigenvalue weighted by atomic mass is 16.2. The fraction of sp³-hybridized carbons (Fsp3) is 0.923. The van der Waals surface area contributed by atoms with Crippen molar-refractivity contribution in [1.29, 1.82) is 0 Å². The zero-order valence-electron chi connectivity index (χ0n) is 11.4. The Morgan fingerprint density at radius 1 is 1.47 bits per heavy atom. The Bertz CT molecular complexity index is 243. The van der Waals surface area contributed by atoms with E-state index in [0.717, 1.165) is 13.0 Å². The van der Waals surface area contributed by atoms with Gasteiger partial charge in [0, 0.05) is 25.2 Å². The first-order valence-corrected chi connectivity index (χ1v) is 6.77. The maximum Gasteiger partial charge on any atom is 0.234 e. The van der Waals surface area contributed by atoms with Crippen molar-refractivity contribution in [3.05, 3.63) is 0 Å². The van der Waals surface area contributed by atoms with E-state index in [2.05, 4.69) is 31.0 Å². The Morgan fingerprint density at radius 3 is 2.76 bits per heavy atom. The van der Waals surface area contributed by atoms with Crippen molar-refractivity contribution in [2.75, 3.05) is 19.6 Å². The van der Waals surface area contributed by atoms with Crippen LogP contribution in [0.5, 0.6) is 0 Å². The molecule has 1 aliphatic rings. The zero-order valence-corrected chi connectivity index (χ0v) is 11.4. The average molecular weight is 241 g/mol. The second kappa shape index (κ2) is 6.97. The molecule has 0 saturated carbocycles. The molecule has 0 spiro atoms. The molecule has 1 rings (SSSR count). The van der Waals surface area contributed by atoms with Crippen molar-refractivity contribution in [2.45, 2.75) is 52.1 Å². The van der Waals surface area contributed by atoms with Crippen LogP contribution in [0.25, 0.3) is 0 Å². The molecule has 1 aliphatic heterocycles. The quantitative estimate of drug-likeness (QED) is 0.754. The third-order valence-corrected chi connectivity index (χ3v) is 3.50. The maximum absolute atomic E-state index is 11.8. The number of piperidine rings is 1. The highest BCUT2D eigenvalue weighted by Gasteiger charge is 2.28. The van der Waals surface area contributed by atoms with Crippen LogP contribution in [0.4, 0.5) is 0 Å². The van der Waals surface area contributed by atoms with Gasteiger partial charge in [0.15, 0.2) is 0 Å². The molecule has 4 nitrogen and oxygen atoms in total. The van der Waals surface area contributed by atoms with Crippen molar-refractivity contribution in [3.8, 4) is 0 Å². The van der Waals surface area contributed by atoms with Gasteiger partial charge in [0.25, 0.3) is 0 Å². The molecule has 0 aliphatic carbocycles. The van der Waals surface area contributed by atoms with Crippen LogP contribution >= 0.6 is 0 Å². The number of carbonyl (C=O) groups is 1. The molecule has 4 heteroatoms. The molecule has 0 aromatic carbocycles. The summed E-state index contributed by atoms with van der Waals surface area (Å²) in [5, 5.41) is 2.97. The minimum absolute atomic E-state index is 0.130. The molecule has 1 fully saturated rings. The molecule has 17 heavy (non-hydrogen) atoms. The first-order valence-electron chi connectivity index (χ1n) is 6.77. The van der Waals surface area contributed by atoms with Gasteiger partial charge in [-0.05, 0) is 25.7 Å². The lowest BCUT2D eigenvalue weighted by atomic mass is 9.96. The van der Waals surface area contributed by atoms with E-state index in [1.807, 2.05) is 0 Å². The van der Waals surface area contributed by atoms with Gasteiger partial charge in [-0.1, -0.05) is 20.3 Å². The predicted molar refractivity (Wildman–Crippen MR) is 70.7 cm³/mol. The first-order chi connectivity index (χ1) is 8.04. The van der Waals surface area contributed by atoms with Gasteiger partial charge in [-0.2, -0.15) is 0 Å². The molecule has 0 aromatic rings. The Balaban J connectivity index is 2.43. The highest BCUT2D eigenvalue weighted by Crippen LogP contribution is 2.21. The number of hydrogen-bond donors (Lipinski definition) is 2. The van der Waals surface area contributed by atoms with Crippen LogP contribution in [-0.2, 0) is 4.79 Å². The molecule has 1 saturated heterocycles. The van der Waals surface area contributed by atoms with Gasteiger partial charge in [0.2, 0.25) is 5.91 Å². The number of carbonyl (C=O) groups excluding carboxylic acids is 1. The molecule has 3 N–H and O–H groups in total. The molecule has 100 valence electrons. The standard InChI is InChI=1S/C13H27N3O/c1-10(2)8-15-13(17)9-16-11(3)5-4-6-12(16)7-14/h10-12H,4-9,14H2,1-3H3,(H,15,17). The van der Waals surface area contributed by atoms with Gasteiger partial charge in [-0.25, -0.2) is 0 Å². The summed E-state index contributed by atoms with van der Waals surface area (Å²) in [5.74, 6) is 0.633. The van der Waals surface area contributed by atoms with Crippen molar-refractivity contribution < 1.29 is 4.79 Å². The summed E-state index contributed by atoms with van der Waals surface area (Å²) in [6, 6.07) is 0.852. The lowest BCUT2D eigenvalue weighted by Gasteiger charge is -2.39. The van der Waals surface area contributed by atoms with E-state index in [1.165, 1.54) is 12.8 Å². The molecule has 0 radical (unpaired) electrons. The molecule has 1 amide bonds. The van der Waals surface area contributed by atoms with Crippen LogP contribution in [0.3, 0.4) is 0 Å². The monoisotopic (exact) mass is 241 g/mol. The summed E-state index contributed by atoms with van der Waals surface area (Å²) >= 11 is 0. The van der Waals surface area contributed by atoms with Crippen LogP contribution in [0.2, 0.25) is 0 Å². The van der Waals surface area contributed by atoms with Gasteiger partial charge in [0.1, 0.15) is 0 Å². The van der Waals surface area contributed by atoms with Crippen molar-refractivity contribution in [2.24, 2.45) is 11.7 Å². The van der Waals surface area contributed by atoms with E-state index in [9.17, 15) is 4.79 Å². The maximum atomic E-state index is 11.8. The van der Waals surface area contributed by atoms with Crippen molar-refractivity contribution in [3.63, 3.8) is 0 Å². The fourth-order valence-electron chi connectivity index (χ4n) is 2.42. The highest BCUT2D eigenvalue weighted by molar-refractivity contribution is 5.78. The minimum atomic E-state index is 0.130. The third kappa shape index (κ3) is 4.64. The first kappa shape index (κ1) is 14.5. The van der Waals surface area contributed by atoms with Crippen LogP contribution < -0.4 is 11.1 Å². The summed E-state index contributed by atoms with van der Waals surface area (Å²) < 4.78 is 0. The second-order valence-electron chi connectivity index (χ2n) is 5.54. The predicted octanol–water partition coefficient (Wildman–Crippen LogP) is 0.960. The minimum Gasteiger partial charge on any atom is -0.355 e. The largest absolute Gasteiger partial charge is 0.355 e. The van der Waals surface area contributed by atoms with Crippen LogP contribution in [0, 0.1) is 5.92 Å². The number of amides is 1. The third-order valence-electron chi connectivity index (χ3n) is 3.50. The normalized spacial score (nSPS) is 26.2. The molecular weight excluding hydrogens is 214 g/mol. The Morgan fingerprint density at radius 2 is 2.18 bits per heavy atom. The Labute approximate surface area is 105 Å². The SMILES string of the molecule is CC(C)CNC(=O)CN1C(C)CCCC1CN. The van der Waals surface area contributed by atoms with E-state index >= 15 is 0 Å². The molecule has 0 bridgehead atoms. The van der Waals surface area contributed by atoms with E-state index < -0.39 is 0 Å². The Kier molecular flexibility index (Phi) is 5.92. The lowest BCUT2D eigenvalue weighted by molar-refractivity contribution is -0.124. The molecule has 2 unspecified atom stereocenters. The topological polar surface area (TPSA) is 58.4 Å². The number of nitrogens with two attached hydrogens (primary N) is 1. The Hall–Kier alpha value is -0.610. The number of nitrogens with zero attached hydrogens (tertiary/aromatic N) is 1. The van der Waals surface area contributed by atoms with Gasteiger partial charge < -0.3 is 11.1 Å². The number of likely N-dealkylation sites (tertiary alicyclic amines) is 1. The summed E-state index contributed by atoms with van der Waals surface area (Å²) in [4.78, 5) is 14.1. The molecular formula is C13H27N3O. The van der Waals surface area contributed by atoms with Crippen LogP contribution in [0.15, 0.2) is 0 Å². The summed E-state index contributed by atoms with van der Waals surface area (Å²) in [6.45, 7) is 8.31. The molecule has 2 atom stereocenters. The van der Waals surface area contributed by atoms with Gasteiger partial charge in [-0.15, -0.1) is 0 Å². The van der Waals surface area contributed by atoms with E-state index in [0.29, 0.717) is 31.1 Å². The molecule has 1 heterocycles. The van der Waals surface area contributed by atoms with Gasteiger partial charge in [-0.3, -0.25) is 9.69 Å². The smallest absolute Gasteiger partial charge is 0.234 e. The van der Waals surface area contributed by atoms with Gasteiger partial charge >= 0.3 is 0 Å². The zero-order chi connectivity index (χ0) is 12.8. The second-order valence-corrected chi connectivity index (χ2v) is 5.54. The fourth-order valence-corrected chi connectivity index (χ4v) is 2.42. The number of nitrogens with one attached hydrogen (secondary N) is 1. The van der Waals surface area contributed by atoms with Crippen molar-refractivity contribution in [1.82, 2.24) is 10.2 Å². The van der Waals surface area contributed by atoms with E-state index in [-0.39, 0.29) is 5.91 Å². The van der Waals surface area contributed by atoms with E-state index in [1.54, 1.807) is 0 Å². The molecule has 0 aromatic heterocycles. The number of hydrogen-bond acceptors (Lipinski definition) is 3. The van der Waals surface area contributed by atoms with Crippen LogP contribution in [0.1, 0.15) is 40.0 Å². The number of rotatable bonds is 5.